The minimum atomic E-state index is -4.68. The van der Waals surface area contributed by atoms with E-state index in [0.29, 0.717) is 15.0 Å². The van der Waals surface area contributed by atoms with Crippen LogP contribution in [0.5, 0.6) is 0 Å². The minimum absolute atomic E-state index is 0.0766. The topological polar surface area (TPSA) is 59.3 Å². The molecule has 0 radical (unpaired) electrons. The molecule has 10 heteroatoms. The molecule has 3 aromatic heterocycles. The third kappa shape index (κ3) is 3.83. The molecule has 148 valence electrons. The number of benzene rings is 1. The molecule has 4 rings (SSSR count). The number of carbonyl (C=O) groups excluding carboxylic acids is 1. The zero-order valence-corrected chi connectivity index (χ0v) is 15.4. The van der Waals surface area contributed by atoms with Gasteiger partial charge < -0.3 is 5.32 Å². The van der Waals surface area contributed by atoms with Crippen LogP contribution in [-0.2, 0) is 12.7 Å². The normalized spacial score (nSPS) is 11.7. The number of halogens is 4. The van der Waals surface area contributed by atoms with Gasteiger partial charge in [-0.3, -0.25) is 4.79 Å². The van der Waals surface area contributed by atoms with Crippen molar-refractivity contribution in [3.05, 3.63) is 76.7 Å². The molecule has 0 unspecified atom stereocenters. The largest absolute Gasteiger partial charge is 0.433 e. The second-order valence-electron chi connectivity index (χ2n) is 6.10. The van der Waals surface area contributed by atoms with Crippen LogP contribution < -0.4 is 5.32 Å². The Morgan fingerprint density at radius 1 is 1.17 bits per heavy atom. The van der Waals surface area contributed by atoms with Crippen molar-refractivity contribution in [1.29, 1.82) is 0 Å². The summed E-state index contributed by atoms with van der Waals surface area (Å²) in [5, 5.41) is 8.04. The smallest absolute Gasteiger partial charge is 0.348 e. The van der Waals surface area contributed by atoms with Crippen LogP contribution in [0, 0.1) is 5.82 Å². The van der Waals surface area contributed by atoms with Crippen LogP contribution in [0.1, 0.15) is 21.6 Å². The van der Waals surface area contributed by atoms with E-state index < -0.39 is 23.6 Å². The molecule has 1 aromatic carbocycles. The predicted molar refractivity (Wildman–Crippen MR) is 98.9 cm³/mol. The van der Waals surface area contributed by atoms with E-state index in [0.717, 1.165) is 12.3 Å². The fourth-order valence-electron chi connectivity index (χ4n) is 2.76. The van der Waals surface area contributed by atoms with Crippen molar-refractivity contribution in [2.24, 2.45) is 0 Å². The molecule has 1 amide bonds. The van der Waals surface area contributed by atoms with E-state index >= 15 is 0 Å². The van der Waals surface area contributed by atoms with Gasteiger partial charge in [-0.1, -0.05) is 18.2 Å². The van der Waals surface area contributed by atoms with E-state index in [2.05, 4.69) is 15.4 Å². The Morgan fingerprint density at radius 2 is 1.93 bits per heavy atom. The number of carbonyl (C=O) groups is 1. The first-order valence-corrected chi connectivity index (χ1v) is 9.23. The third-order valence-electron chi connectivity index (χ3n) is 4.15. The van der Waals surface area contributed by atoms with Crippen molar-refractivity contribution in [3.8, 4) is 10.6 Å². The molecule has 29 heavy (non-hydrogen) atoms. The number of amides is 1. The van der Waals surface area contributed by atoms with E-state index in [1.165, 1.54) is 35.6 Å². The average Bonchev–Trinajstić information content (AvgIpc) is 3.35. The number of thiophene rings is 1. The van der Waals surface area contributed by atoms with E-state index in [1.807, 2.05) is 0 Å². The second-order valence-corrected chi connectivity index (χ2v) is 7.05. The number of alkyl halides is 3. The molecule has 1 N–H and O–H groups in total. The van der Waals surface area contributed by atoms with Crippen LogP contribution in [0.25, 0.3) is 16.2 Å². The summed E-state index contributed by atoms with van der Waals surface area (Å²) in [5.41, 5.74) is -0.563. The van der Waals surface area contributed by atoms with Crippen LogP contribution in [-0.4, -0.2) is 20.5 Å². The van der Waals surface area contributed by atoms with Gasteiger partial charge in [-0.2, -0.15) is 18.3 Å². The quantitative estimate of drug-likeness (QED) is 0.493. The summed E-state index contributed by atoms with van der Waals surface area (Å²) in [6.07, 6.45) is -3.63. The zero-order valence-electron chi connectivity index (χ0n) is 14.6. The fraction of sp³-hybridized carbons (Fsp3) is 0.105. The van der Waals surface area contributed by atoms with Gasteiger partial charge in [0.1, 0.15) is 11.4 Å². The number of nitrogens with zero attached hydrogens (tertiary/aromatic N) is 3. The lowest BCUT2D eigenvalue weighted by Crippen LogP contribution is -2.23. The van der Waals surface area contributed by atoms with Crippen LogP contribution in [0.4, 0.5) is 17.6 Å². The number of nitrogens with one attached hydrogen (secondary N) is 1. The van der Waals surface area contributed by atoms with Gasteiger partial charge in [0.15, 0.2) is 11.3 Å². The van der Waals surface area contributed by atoms with Gasteiger partial charge in [0.2, 0.25) is 0 Å². The van der Waals surface area contributed by atoms with Gasteiger partial charge in [-0.05, 0) is 35.2 Å². The standard InChI is InChI=1S/C19H12F4N4OS/c20-12-5-3-11(4-6-12)9-24-18(28)13-10-25-27-16(19(21,22)23)8-14(26-17(13)27)15-2-1-7-29-15/h1-8,10H,9H2,(H,24,28). The number of hydrogen-bond donors (Lipinski definition) is 1. The van der Waals surface area contributed by atoms with E-state index in [1.54, 1.807) is 17.5 Å². The summed E-state index contributed by atoms with van der Waals surface area (Å²) in [7, 11) is 0. The molecular weight excluding hydrogens is 408 g/mol. The summed E-state index contributed by atoms with van der Waals surface area (Å²) >= 11 is 1.24. The molecule has 0 spiro atoms. The Bertz CT molecular complexity index is 1170. The van der Waals surface area contributed by atoms with Crippen LogP contribution in [0.15, 0.2) is 54.0 Å². The van der Waals surface area contributed by atoms with Gasteiger partial charge in [0.05, 0.1) is 16.8 Å². The second kappa shape index (κ2) is 7.28. The fourth-order valence-corrected chi connectivity index (χ4v) is 3.44. The van der Waals surface area contributed by atoms with Crippen LogP contribution in [0.3, 0.4) is 0 Å². The molecule has 0 atom stereocenters. The highest BCUT2D eigenvalue weighted by Crippen LogP contribution is 2.33. The lowest BCUT2D eigenvalue weighted by molar-refractivity contribution is -0.142. The summed E-state index contributed by atoms with van der Waals surface area (Å²) in [4.78, 5) is 17.3. The molecule has 0 aliphatic heterocycles. The van der Waals surface area contributed by atoms with Crippen molar-refractivity contribution in [3.63, 3.8) is 0 Å². The van der Waals surface area contributed by atoms with Crippen LogP contribution >= 0.6 is 11.3 Å². The molecule has 0 fully saturated rings. The third-order valence-corrected chi connectivity index (χ3v) is 5.04. The van der Waals surface area contributed by atoms with E-state index in [-0.39, 0.29) is 23.4 Å². The van der Waals surface area contributed by atoms with E-state index in [9.17, 15) is 22.4 Å². The van der Waals surface area contributed by atoms with Gasteiger partial charge in [0, 0.05) is 6.54 Å². The van der Waals surface area contributed by atoms with Gasteiger partial charge >= 0.3 is 6.18 Å². The molecule has 4 aromatic rings. The number of rotatable bonds is 4. The highest BCUT2D eigenvalue weighted by molar-refractivity contribution is 7.13. The maximum Gasteiger partial charge on any atom is 0.433 e. The maximum atomic E-state index is 13.5. The molecule has 5 nitrogen and oxygen atoms in total. The minimum Gasteiger partial charge on any atom is -0.348 e. The van der Waals surface area contributed by atoms with Crippen molar-refractivity contribution >= 4 is 22.9 Å². The molecular formula is C19H12F4N4OS. The highest BCUT2D eigenvalue weighted by Gasteiger charge is 2.36. The van der Waals surface area contributed by atoms with Crippen molar-refractivity contribution in [2.75, 3.05) is 0 Å². The number of fused-ring (bicyclic) bond motifs is 1. The zero-order chi connectivity index (χ0) is 20.6. The number of hydrogen-bond acceptors (Lipinski definition) is 4. The maximum absolute atomic E-state index is 13.5. The Morgan fingerprint density at radius 3 is 2.59 bits per heavy atom. The molecule has 0 bridgehead atoms. The summed E-state index contributed by atoms with van der Waals surface area (Å²) in [5.74, 6) is -1.04. The average molecular weight is 420 g/mol. The molecule has 0 aliphatic carbocycles. The van der Waals surface area contributed by atoms with Gasteiger partial charge in [-0.25, -0.2) is 13.9 Å². The SMILES string of the molecule is O=C(NCc1ccc(F)cc1)c1cnn2c(C(F)(F)F)cc(-c3cccs3)nc12. The summed E-state index contributed by atoms with van der Waals surface area (Å²) in [6, 6.07) is 9.76. The molecule has 0 saturated carbocycles. The lowest BCUT2D eigenvalue weighted by Gasteiger charge is -2.11. The Hall–Kier alpha value is -3.27. The molecule has 3 heterocycles. The van der Waals surface area contributed by atoms with Crippen molar-refractivity contribution in [1.82, 2.24) is 19.9 Å². The Balaban J connectivity index is 1.72. The predicted octanol–water partition coefficient (Wildman–Crippen LogP) is 4.55. The highest BCUT2D eigenvalue weighted by atomic mass is 32.1. The Labute approximate surface area is 165 Å². The Kier molecular flexibility index (Phi) is 4.79. The monoisotopic (exact) mass is 420 g/mol. The first kappa shape index (κ1) is 19.1. The summed E-state index contributed by atoms with van der Waals surface area (Å²) < 4.78 is 54.2. The van der Waals surface area contributed by atoms with Crippen molar-refractivity contribution in [2.45, 2.75) is 12.7 Å². The van der Waals surface area contributed by atoms with E-state index in [4.69, 9.17) is 0 Å². The lowest BCUT2D eigenvalue weighted by atomic mass is 10.2. The van der Waals surface area contributed by atoms with Gasteiger partial charge in [-0.15, -0.1) is 11.3 Å². The first-order valence-electron chi connectivity index (χ1n) is 8.35. The van der Waals surface area contributed by atoms with Crippen LogP contribution in [0.2, 0.25) is 0 Å². The molecule has 0 saturated heterocycles. The van der Waals surface area contributed by atoms with Gasteiger partial charge in [0.25, 0.3) is 5.91 Å². The number of aromatic nitrogens is 3. The van der Waals surface area contributed by atoms with Crippen molar-refractivity contribution < 1.29 is 22.4 Å². The molecule has 0 aliphatic rings. The first-order chi connectivity index (χ1) is 13.8. The summed E-state index contributed by atoms with van der Waals surface area (Å²) in [6.45, 7) is 0.0766.